The van der Waals surface area contributed by atoms with Crippen LogP contribution in [0, 0.1) is 0 Å². The number of hydrogen-bond acceptors (Lipinski definition) is 7. The van der Waals surface area contributed by atoms with Crippen molar-refractivity contribution in [3.63, 3.8) is 0 Å². The summed E-state index contributed by atoms with van der Waals surface area (Å²) < 4.78 is 17.1. The van der Waals surface area contributed by atoms with E-state index in [1.54, 1.807) is 6.26 Å². The Hall–Kier alpha value is -2.00. The number of aliphatic hydroxyl groups is 1. The second-order valence-corrected chi connectivity index (χ2v) is 7.31. The summed E-state index contributed by atoms with van der Waals surface area (Å²) in [6.45, 7) is 4.49. The normalized spacial score (nSPS) is 12.6. The van der Waals surface area contributed by atoms with Gasteiger partial charge in [-0.05, 0) is 43.3 Å². The van der Waals surface area contributed by atoms with Gasteiger partial charge in [-0.25, -0.2) is 0 Å². The van der Waals surface area contributed by atoms with Crippen LogP contribution in [0.2, 0.25) is 0 Å². The molecule has 0 aliphatic heterocycles. The molecule has 1 unspecified atom stereocenters. The Balaban J connectivity index is 1.59. The number of halogens is 1. The van der Waals surface area contributed by atoms with Crippen molar-refractivity contribution >= 4 is 15.9 Å². The predicted molar refractivity (Wildman–Crippen MR) is 108 cm³/mol. The van der Waals surface area contributed by atoms with Gasteiger partial charge in [-0.3, -0.25) is 4.90 Å². The summed E-state index contributed by atoms with van der Waals surface area (Å²) in [5.41, 5.74) is 0.901. The molecule has 0 aliphatic rings. The van der Waals surface area contributed by atoms with Crippen LogP contribution in [0.1, 0.15) is 18.6 Å². The Labute approximate surface area is 172 Å². The lowest BCUT2D eigenvalue weighted by atomic mass is 10.2. The molecule has 1 atom stereocenters. The van der Waals surface area contributed by atoms with E-state index < -0.39 is 6.10 Å². The third-order valence-corrected chi connectivity index (χ3v) is 4.68. The highest BCUT2D eigenvalue weighted by atomic mass is 79.9. The number of furan rings is 1. The molecule has 1 aromatic carbocycles. The monoisotopic (exact) mass is 449 g/mol. The lowest BCUT2D eigenvalue weighted by molar-refractivity contribution is 0.0183. The van der Waals surface area contributed by atoms with Crippen LogP contribution in [0.4, 0.5) is 0 Å². The molecule has 28 heavy (non-hydrogen) atoms. The minimum atomic E-state index is -0.573. The van der Waals surface area contributed by atoms with Crippen molar-refractivity contribution in [1.29, 1.82) is 0 Å². The molecule has 0 amide bonds. The molecule has 3 aromatic rings. The highest BCUT2D eigenvalue weighted by molar-refractivity contribution is 9.10. The van der Waals surface area contributed by atoms with E-state index in [-0.39, 0.29) is 0 Å². The second-order valence-electron chi connectivity index (χ2n) is 6.40. The highest BCUT2D eigenvalue weighted by Crippen LogP contribution is 2.19. The zero-order chi connectivity index (χ0) is 19.8. The van der Waals surface area contributed by atoms with Gasteiger partial charge in [-0.2, -0.15) is 4.98 Å². The summed E-state index contributed by atoms with van der Waals surface area (Å²) >= 11 is 3.42. The SMILES string of the molecule is CCOCC(O)CN(CCc1nc(-c2ccc(Br)cc2)no1)Cc1ccco1. The maximum atomic E-state index is 10.2. The van der Waals surface area contributed by atoms with Crippen LogP contribution < -0.4 is 0 Å². The van der Waals surface area contributed by atoms with E-state index in [4.69, 9.17) is 13.7 Å². The summed E-state index contributed by atoms with van der Waals surface area (Å²) in [6.07, 6.45) is 1.65. The van der Waals surface area contributed by atoms with Crippen LogP contribution in [0.5, 0.6) is 0 Å². The lowest BCUT2D eigenvalue weighted by Gasteiger charge is -2.23. The molecule has 0 saturated carbocycles. The molecule has 0 spiro atoms. The molecular formula is C20H24BrN3O4. The Kier molecular flexibility index (Phi) is 7.79. The zero-order valence-corrected chi connectivity index (χ0v) is 17.3. The molecule has 3 rings (SSSR count). The number of aliphatic hydroxyl groups excluding tert-OH is 1. The minimum absolute atomic E-state index is 0.305. The molecule has 2 aromatic heterocycles. The molecule has 0 aliphatic carbocycles. The van der Waals surface area contributed by atoms with Gasteiger partial charge in [0.2, 0.25) is 11.7 Å². The molecule has 7 nitrogen and oxygen atoms in total. The molecule has 0 saturated heterocycles. The Bertz CT molecular complexity index is 820. The third kappa shape index (κ3) is 6.27. The number of rotatable bonds is 11. The molecule has 2 heterocycles. The van der Waals surface area contributed by atoms with Crippen molar-refractivity contribution in [2.45, 2.75) is 26.0 Å². The van der Waals surface area contributed by atoms with Crippen LogP contribution >= 0.6 is 15.9 Å². The lowest BCUT2D eigenvalue weighted by Crippen LogP contribution is -2.36. The van der Waals surface area contributed by atoms with Crippen LogP contribution in [0.3, 0.4) is 0 Å². The Morgan fingerprint density at radius 2 is 2.07 bits per heavy atom. The van der Waals surface area contributed by atoms with E-state index in [2.05, 4.69) is 31.0 Å². The maximum Gasteiger partial charge on any atom is 0.228 e. The number of aromatic nitrogens is 2. The quantitative estimate of drug-likeness (QED) is 0.479. The first-order valence-electron chi connectivity index (χ1n) is 9.23. The summed E-state index contributed by atoms with van der Waals surface area (Å²) in [4.78, 5) is 6.57. The van der Waals surface area contributed by atoms with E-state index in [0.29, 0.717) is 51.0 Å². The first kappa shape index (κ1) is 20.7. The van der Waals surface area contributed by atoms with Crippen molar-refractivity contribution in [3.05, 3.63) is 58.8 Å². The van der Waals surface area contributed by atoms with Gasteiger partial charge in [0.15, 0.2) is 0 Å². The fourth-order valence-corrected chi connectivity index (χ4v) is 3.05. The summed E-state index contributed by atoms with van der Waals surface area (Å²) in [5.74, 6) is 1.96. The van der Waals surface area contributed by atoms with Gasteiger partial charge in [0.05, 0.1) is 25.5 Å². The summed E-state index contributed by atoms with van der Waals surface area (Å²) in [7, 11) is 0. The van der Waals surface area contributed by atoms with Gasteiger partial charge in [0.25, 0.3) is 0 Å². The fraction of sp³-hybridized carbons (Fsp3) is 0.400. The van der Waals surface area contributed by atoms with Crippen molar-refractivity contribution in [2.24, 2.45) is 0 Å². The average molecular weight is 450 g/mol. The molecule has 150 valence electrons. The van der Waals surface area contributed by atoms with E-state index in [1.807, 2.05) is 43.3 Å². The zero-order valence-electron chi connectivity index (χ0n) is 15.8. The molecule has 8 heteroatoms. The molecule has 0 fully saturated rings. The van der Waals surface area contributed by atoms with Crippen LogP contribution in [-0.2, 0) is 17.7 Å². The maximum absolute atomic E-state index is 10.2. The number of hydrogen-bond donors (Lipinski definition) is 1. The van der Waals surface area contributed by atoms with Crippen LogP contribution in [0.25, 0.3) is 11.4 Å². The van der Waals surface area contributed by atoms with Gasteiger partial charge in [0, 0.05) is 36.2 Å². The molecular weight excluding hydrogens is 426 g/mol. The summed E-state index contributed by atoms with van der Waals surface area (Å²) in [6, 6.07) is 11.5. The molecule has 1 N–H and O–H groups in total. The van der Waals surface area contributed by atoms with E-state index >= 15 is 0 Å². The van der Waals surface area contributed by atoms with Crippen LogP contribution in [0.15, 0.2) is 56.1 Å². The van der Waals surface area contributed by atoms with E-state index in [9.17, 15) is 5.11 Å². The fourth-order valence-electron chi connectivity index (χ4n) is 2.79. The molecule has 0 bridgehead atoms. The molecule has 0 radical (unpaired) electrons. The minimum Gasteiger partial charge on any atom is -0.468 e. The summed E-state index contributed by atoms with van der Waals surface area (Å²) in [5, 5.41) is 14.3. The van der Waals surface area contributed by atoms with Gasteiger partial charge in [-0.15, -0.1) is 0 Å². The van der Waals surface area contributed by atoms with Crippen molar-refractivity contribution in [1.82, 2.24) is 15.0 Å². The Morgan fingerprint density at radius 1 is 1.25 bits per heavy atom. The van der Waals surface area contributed by atoms with Gasteiger partial charge >= 0.3 is 0 Å². The van der Waals surface area contributed by atoms with Crippen molar-refractivity contribution < 1.29 is 18.8 Å². The highest BCUT2D eigenvalue weighted by Gasteiger charge is 2.16. The average Bonchev–Trinajstić information content (AvgIpc) is 3.37. The number of nitrogens with zero attached hydrogens (tertiary/aromatic N) is 3. The number of benzene rings is 1. The number of ether oxygens (including phenoxy) is 1. The van der Waals surface area contributed by atoms with Gasteiger partial charge in [-0.1, -0.05) is 21.1 Å². The van der Waals surface area contributed by atoms with E-state index in [0.717, 1.165) is 15.8 Å². The standard InChI is InChI=1S/C20H24BrN3O4/c1-2-26-14-17(25)12-24(13-18-4-3-11-27-18)10-9-19-22-20(23-28-19)15-5-7-16(21)8-6-15/h3-8,11,17,25H,2,9-10,12-14H2,1H3. The Morgan fingerprint density at radius 3 is 2.79 bits per heavy atom. The van der Waals surface area contributed by atoms with Gasteiger partial charge in [0.1, 0.15) is 5.76 Å². The van der Waals surface area contributed by atoms with Crippen molar-refractivity contribution in [3.8, 4) is 11.4 Å². The second kappa shape index (κ2) is 10.5. The topological polar surface area (TPSA) is 84.8 Å². The van der Waals surface area contributed by atoms with Gasteiger partial charge < -0.3 is 18.8 Å². The van der Waals surface area contributed by atoms with E-state index in [1.165, 1.54) is 0 Å². The third-order valence-electron chi connectivity index (χ3n) is 4.16. The first-order chi connectivity index (χ1) is 13.6. The smallest absolute Gasteiger partial charge is 0.228 e. The predicted octanol–water partition coefficient (Wildman–Crippen LogP) is 3.53. The first-order valence-corrected chi connectivity index (χ1v) is 10.0. The van der Waals surface area contributed by atoms with Crippen molar-refractivity contribution in [2.75, 3.05) is 26.3 Å². The van der Waals surface area contributed by atoms with Crippen LogP contribution in [-0.4, -0.2) is 52.6 Å². The largest absolute Gasteiger partial charge is 0.468 e.